The summed E-state index contributed by atoms with van der Waals surface area (Å²) in [6, 6.07) is 3.66. The van der Waals surface area contributed by atoms with E-state index in [4.69, 9.17) is 9.47 Å². The molecule has 0 unspecified atom stereocenters. The summed E-state index contributed by atoms with van der Waals surface area (Å²) in [7, 11) is 0. The zero-order valence-corrected chi connectivity index (χ0v) is 18.7. The van der Waals surface area contributed by atoms with E-state index in [9.17, 15) is 18.4 Å². The molecule has 30 heavy (non-hydrogen) atoms. The first-order chi connectivity index (χ1) is 13.6. The predicted molar refractivity (Wildman–Crippen MR) is 109 cm³/mol. The number of benzene rings is 1. The van der Waals surface area contributed by atoms with E-state index < -0.39 is 40.7 Å². The van der Waals surface area contributed by atoms with E-state index in [1.807, 2.05) is 0 Å². The lowest BCUT2D eigenvalue weighted by Crippen LogP contribution is -2.36. The van der Waals surface area contributed by atoms with E-state index in [-0.39, 0.29) is 16.7 Å². The maximum Gasteiger partial charge on any atom is 0.337 e. The maximum absolute atomic E-state index is 14.8. The minimum absolute atomic E-state index is 0.0286. The molecule has 1 aliphatic rings. The van der Waals surface area contributed by atoms with Gasteiger partial charge in [0.2, 0.25) is 0 Å². The fourth-order valence-electron chi connectivity index (χ4n) is 3.26. The first-order valence-electron chi connectivity index (χ1n) is 9.71. The summed E-state index contributed by atoms with van der Waals surface area (Å²) in [6.45, 7) is 13.4. The van der Waals surface area contributed by atoms with Crippen LogP contribution in [0.3, 0.4) is 0 Å². The van der Waals surface area contributed by atoms with Crippen molar-refractivity contribution in [2.24, 2.45) is 0 Å². The summed E-state index contributed by atoms with van der Waals surface area (Å²) in [4.78, 5) is 26.1. The first kappa shape index (κ1) is 23.6. The van der Waals surface area contributed by atoms with Crippen LogP contribution in [0.15, 0.2) is 40.7 Å². The van der Waals surface area contributed by atoms with Crippen LogP contribution in [-0.2, 0) is 19.1 Å². The highest BCUT2D eigenvalue weighted by atomic mass is 19.2. The van der Waals surface area contributed by atoms with E-state index >= 15 is 0 Å². The van der Waals surface area contributed by atoms with Crippen molar-refractivity contribution in [2.75, 3.05) is 0 Å². The molecule has 1 N–H and O–H groups in total. The molecule has 0 saturated heterocycles. The number of dihydropyridines is 1. The molecule has 1 aromatic carbocycles. The summed E-state index contributed by atoms with van der Waals surface area (Å²) in [5.41, 5.74) is -0.945. The van der Waals surface area contributed by atoms with E-state index in [0.717, 1.165) is 6.07 Å². The average Bonchev–Trinajstić information content (AvgIpc) is 2.53. The molecule has 1 aliphatic heterocycles. The lowest BCUT2D eigenvalue weighted by Gasteiger charge is -2.33. The number of hydrogen-bond donors (Lipinski definition) is 1. The Morgan fingerprint density at radius 3 is 1.70 bits per heavy atom. The Balaban J connectivity index is 2.72. The molecule has 0 bridgehead atoms. The number of halogens is 2. The summed E-state index contributed by atoms with van der Waals surface area (Å²) in [6.07, 6.45) is 0. The minimum Gasteiger partial charge on any atom is -0.457 e. The van der Waals surface area contributed by atoms with Gasteiger partial charge in [0.05, 0.1) is 17.1 Å². The highest BCUT2D eigenvalue weighted by Crippen LogP contribution is 2.41. The van der Waals surface area contributed by atoms with Crippen molar-refractivity contribution >= 4 is 11.9 Å². The highest BCUT2D eigenvalue weighted by molar-refractivity contribution is 6.00. The van der Waals surface area contributed by atoms with Gasteiger partial charge in [0.15, 0.2) is 11.6 Å². The molecule has 1 heterocycles. The normalized spacial score (nSPS) is 15.8. The monoisotopic (exact) mass is 421 g/mol. The van der Waals surface area contributed by atoms with Crippen LogP contribution >= 0.6 is 0 Å². The molecule has 0 spiro atoms. The second-order valence-electron chi connectivity index (χ2n) is 9.28. The van der Waals surface area contributed by atoms with E-state index in [0.29, 0.717) is 11.4 Å². The van der Waals surface area contributed by atoms with Gasteiger partial charge in [0.1, 0.15) is 11.2 Å². The molecular formula is C23H29F2NO4. The van der Waals surface area contributed by atoms with Gasteiger partial charge in [-0.25, -0.2) is 18.4 Å². The Hall–Kier alpha value is -2.70. The van der Waals surface area contributed by atoms with Gasteiger partial charge in [0, 0.05) is 17.0 Å². The van der Waals surface area contributed by atoms with Crippen LogP contribution in [0.5, 0.6) is 0 Å². The SMILES string of the molecule is CC1=C(C(=O)OC(C)(C)C)C(c2cccc(F)c2F)C(C(=O)OC(C)(C)C)=C(C)N1. The fourth-order valence-corrected chi connectivity index (χ4v) is 3.26. The Kier molecular flexibility index (Phi) is 6.45. The smallest absolute Gasteiger partial charge is 0.337 e. The summed E-state index contributed by atoms with van der Waals surface area (Å²) in [5, 5.41) is 2.99. The largest absolute Gasteiger partial charge is 0.457 e. The third-order valence-electron chi connectivity index (χ3n) is 4.29. The standard InChI is InChI=1S/C23H29F2NO4/c1-12-16(20(27)29-22(3,4)5)18(14-10-9-11-15(24)19(14)25)17(13(2)26-12)21(28)30-23(6,7)8/h9-11,18,26H,1-8H3. The molecule has 1 aromatic rings. The molecule has 7 heteroatoms. The molecule has 0 aromatic heterocycles. The van der Waals surface area contributed by atoms with Crippen LogP contribution in [0.25, 0.3) is 0 Å². The topological polar surface area (TPSA) is 64.6 Å². The van der Waals surface area contributed by atoms with E-state index in [2.05, 4.69) is 5.32 Å². The van der Waals surface area contributed by atoms with Gasteiger partial charge < -0.3 is 14.8 Å². The van der Waals surface area contributed by atoms with Crippen molar-refractivity contribution in [3.05, 3.63) is 57.9 Å². The van der Waals surface area contributed by atoms with Crippen molar-refractivity contribution in [3.63, 3.8) is 0 Å². The van der Waals surface area contributed by atoms with Crippen LogP contribution in [0, 0.1) is 11.6 Å². The molecule has 5 nitrogen and oxygen atoms in total. The van der Waals surface area contributed by atoms with Crippen molar-refractivity contribution in [1.82, 2.24) is 5.32 Å². The van der Waals surface area contributed by atoms with Gasteiger partial charge in [-0.05, 0) is 61.5 Å². The molecule has 164 valence electrons. The van der Waals surface area contributed by atoms with Crippen LogP contribution in [0.2, 0.25) is 0 Å². The number of hydrogen-bond acceptors (Lipinski definition) is 5. The number of esters is 2. The molecule has 0 amide bonds. The maximum atomic E-state index is 14.8. The Morgan fingerprint density at radius 1 is 0.867 bits per heavy atom. The molecule has 2 rings (SSSR count). The van der Waals surface area contributed by atoms with Gasteiger partial charge in [-0.1, -0.05) is 12.1 Å². The Morgan fingerprint density at radius 2 is 1.30 bits per heavy atom. The molecule has 0 saturated carbocycles. The van der Waals surface area contributed by atoms with E-state index in [1.165, 1.54) is 12.1 Å². The number of ether oxygens (including phenoxy) is 2. The molecule has 0 fully saturated rings. The molecule has 0 atom stereocenters. The van der Waals surface area contributed by atoms with Gasteiger partial charge >= 0.3 is 11.9 Å². The molecule has 0 radical (unpaired) electrons. The number of nitrogens with one attached hydrogen (secondary N) is 1. The van der Waals surface area contributed by atoms with Crippen molar-refractivity contribution in [3.8, 4) is 0 Å². The number of allylic oxidation sites excluding steroid dienone is 2. The summed E-state index contributed by atoms with van der Waals surface area (Å²) in [5.74, 6) is -4.85. The van der Waals surface area contributed by atoms with E-state index in [1.54, 1.807) is 55.4 Å². The second kappa shape index (κ2) is 8.20. The molecule has 0 aliphatic carbocycles. The zero-order chi connectivity index (χ0) is 23.0. The van der Waals surface area contributed by atoms with Gasteiger partial charge in [0.25, 0.3) is 0 Å². The van der Waals surface area contributed by atoms with Crippen molar-refractivity contribution in [1.29, 1.82) is 0 Å². The number of carbonyl (C=O) groups excluding carboxylic acids is 2. The van der Waals surface area contributed by atoms with Crippen LogP contribution in [0.4, 0.5) is 8.78 Å². The lowest BCUT2D eigenvalue weighted by molar-refractivity contribution is -0.150. The zero-order valence-electron chi connectivity index (χ0n) is 18.7. The van der Waals surface area contributed by atoms with Gasteiger partial charge in [-0.15, -0.1) is 0 Å². The number of carbonyl (C=O) groups is 2. The minimum atomic E-state index is -1.19. The third-order valence-corrected chi connectivity index (χ3v) is 4.29. The average molecular weight is 421 g/mol. The third kappa shape index (κ3) is 5.26. The summed E-state index contributed by atoms with van der Waals surface area (Å²) < 4.78 is 39.9. The predicted octanol–water partition coefficient (Wildman–Crippen LogP) is 4.88. The fraction of sp³-hybridized carbons (Fsp3) is 0.478. The second-order valence-corrected chi connectivity index (χ2v) is 9.28. The van der Waals surface area contributed by atoms with Gasteiger partial charge in [-0.3, -0.25) is 0 Å². The first-order valence-corrected chi connectivity index (χ1v) is 9.71. The van der Waals surface area contributed by atoms with Crippen LogP contribution < -0.4 is 5.32 Å². The van der Waals surface area contributed by atoms with Gasteiger partial charge in [-0.2, -0.15) is 0 Å². The molecular weight excluding hydrogens is 392 g/mol. The van der Waals surface area contributed by atoms with Crippen molar-refractivity contribution in [2.45, 2.75) is 72.5 Å². The van der Waals surface area contributed by atoms with Crippen LogP contribution in [-0.4, -0.2) is 23.1 Å². The Bertz CT molecular complexity index is 884. The quantitative estimate of drug-likeness (QED) is 0.705. The Labute approximate surface area is 176 Å². The summed E-state index contributed by atoms with van der Waals surface area (Å²) >= 11 is 0. The lowest BCUT2D eigenvalue weighted by atomic mass is 9.80. The van der Waals surface area contributed by atoms with Crippen molar-refractivity contribution < 1.29 is 27.8 Å². The van der Waals surface area contributed by atoms with Crippen LogP contribution in [0.1, 0.15) is 66.9 Å². The number of rotatable bonds is 3. The highest BCUT2D eigenvalue weighted by Gasteiger charge is 2.41.